The van der Waals surface area contributed by atoms with E-state index in [1.54, 1.807) is 36.2 Å². The third kappa shape index (κ3) is 7.61. The number of amides is 4. The zero-order chi connectivity index (χ0) is 31.1. The molecule has 11 heteroatoms. The number of ether oxygens (including phenoxy) is 1. The number of rotatable bonds is 13. The molecule has 0 spiro atoms. The average Bonchev–Trinajstić information content (AvgIpc) is 2.96. The Bertz CT molecular complexity index is 1210. The summed E-state index contributed by atoms with van der Waals surface area (Å²) >= 11 is 0. The van der Waals surface area contributed by atoms with Crippen LogP contribution in [-0.2, 0) is 17.4 Å². The highest BCUT2D eigenvalue weighted by molar-refractivity contribution is 6.03. The molecule has 3 rings (SSSR count). The summed E-state index contributed by atoms with van der Waals surface area (Å²) in [6.07, 6.45) is -2.35. The highest BCUT2D eigenvalue weighted by Crippen LogP contribution is 2.46. The average molecular weight is 591 g/mol. The number of hydrogen-bond donors (Lipinski definition) is 1. The van der Waals surface area contributed by atoms with Crippen LogP contribution in [0.4, 0.5) is 18.0 Å². The summed E-state index contributed by atoms with van der Waals surface area (Å²) in [6.45, 7) is 5.41. The van der Waals surface area contributed by atoms with E-state index in [1.807, 2.05) is 32.8 Å². The summed E-state index contributed by atoms with van der Waals surface area (Å²) in [7, 11) is 5.63. The Kier molecular flexibility index (Phi) is 11.0. The number of carbonyl (C=O) groups excluding carboxylic acids is 3. The lowest BCUT2D eigenvalue weighted by Gasteiger charge is -2.53. The molecule has 0 aromatic heterocycles. The number of benzene rings is 2. The quantitative estimate of drug-likeness (QED) is 0.249. The van der Waals surface area contributed by atoms with Crippen LogP contribution in [0.25, 0.3) is 0 Å². The molecule has 0 bridgehead atoms. The molecule has 0 unspecified atom stereocenters. The maximum Gasteiger partial charge on any atom is 0.416 e. The number of nitrogens with one attached hydrogen (secondary N) is 1. The molecule has 1 aliphatic rings. The van der Waals surface area contributed by atoms with E-state index in [-0.39, 0.29) is 11.8 Å². The fraction of sp³-hybridized carbons (Fsp3) is 0.516. The standard InChI is InChI=1S/C31H41F3N4O4/c1-6-30(7-2)27(40)38(29(41)35-19-9-8-10-22-11-15-24(16-12-22)31(32,33)34)28(30)42-25-17-13-23(14-18-25)26(39)37(5)21-20-36(3)4/h11-18,28H,6-10,19-21H2,1-5H3,(H,35,41)/t28-/m0/s1. The smallest absolute Gasteiger partial charge is 0.416 e. The van der Waals surface area contributed by atoms with Crippen molar-refractivity contribution < 1.29 is 32.3 Å². The molecule has 1 N–H and O–H groups in total. The van der Waals surface area contributed by atoms with E-state index in [0.717, 1.165) is 29.1 Å². The van der Waals surface area contributed by atoms with Gasteiger partial charge in [-0.15, -0.1) is 0 Å². The van der Waals surface area contributed by atoms with Crippen LogP contribution in [0.15, 0.2) is 48.5 Å². The fourth-order valence-corrected chi connectivity index (χ4v) is 4.97. The second kappa shape index (κ2) is 14.0. The molecule has 0 saturated carbocycles. The van der Waals surface area contributed by atoms with Crippen molar-refractivity contribution in [2.75, 3.05) is 40.8 Å². The van der Waals surface area contributed by atoms with Crippen molar-refractivity contribution in [3.8, 4) is 5.75 Å². The number of aryl methyl sites for hydroxylation is 1. The number of β-lactam (4-membered cyclic amide) rings is 1. The monoisotopic (exact) mass is 590 g/mol. The first kappa shape index (κ1) is 32.9. The number of alkyl halides is 3. The summed E-state index contributed by atoms with van der Waals surface area (Å²) in [4.78, 5) is 43.6. The predicted octanol–water partition coefficient (Wildman–Crippen LogP) is 5.43. The Morgan fingerprint density at radius 1 is 0.952 bits per heavy atom. The Labute approximate surface area is 245 Å². The second-order valence-electron chi connectivity index (χ2n) is 10.9. The van der Waals surface area contributed by atoms with Crippen LogP contribution >= 0.6 is 0 Å². The van der Waals surface area contributed by atoms with Crippen molar-refractivity contribution in [2.24, 2.45) is 5.41 Å². The lowest BCUT2D eigenvalue weighted by Crippen LogP contribution is -2.73. The summed E-state index contributed by atoms with van der Waals surface area (Å²) in [5.74, 6) is 0.0349. The number of nitrogens with zero attached hydrogens (tertiary/aromatic N) is 3. The van der Waals surface area contributed by atoms with Crippen molar-refractivity contribution in [1.29, 1.82) is 0 Å². The van der Waals surface area contributed by atoms with E-state index in [4.69, 9.17) is 4.74 Å². The van der Waals surface area contributed by atoms with Gasteiger partial charge in [0, 0.05) is 32.2 Å². The Morgan fingerprint density at radius 2 is 1.57 bits per heavy atom. The fourth-order valence-electron chi connectivity index (χ4n) is 4.97. The molecule has 4 amide bonds. The van der Waals surface area contributed by atoms with Gasteiger partial charge in [-0.1, -0.05) is 26.0 Å². The molecule has 1 aliphatic heterocycles. The molecule has 1 saturated heterocycles. The minimum absolute atomic E-state index is 0.113. The van der Waals surface area contributed by atoms with Crippen LogP contribution in [-0.4, -0.2) is 79.6 Å². The van der Waals surface area contributed by atoms with Gasteiger partial charge in [-0.2, -0.15) is 13.2 Å². The highest BCUT2D eigenvalue weighted by atomic mass is 19.4. The number of unbranched alkanes of at least 4 members (excludes halogenated alkanes) is 1. The predicted molar refractivity (Wildman–Crippen MR) is 154 cm³/mol. The Hall–Kier alpha value is -3.60. The maximum absolute atomic E-state index is 13.1. The molecule has 0 radical (unpaired) electrons. The van der Waals surface area contributed by atoms with E-state index in [2.05, 4.69) is 5.32 Å². The van der Waals surface area contributed by atoms with Gasteiger partial charge in [-0.05, 0) is 88.2 Å². The molecule has 1 heterocycles. The topological polar surface area (TPSA) is 82.2 Å². The van der Waals surface area contributed by atoms with Crippen LogP contribution in [0, 0.1) is 5.41 Å². The van der Waals surface area contributed by atoms with Crippen LogP contribution in [0.5, 0.6) is 5.75 Å². The van der Waals surface area contributed by atoms with Crippen LogP contribution in [0.2, 0.25) is 0 Å². The molecule has 42 heavy (non-hydrogen) atoms. The summed E-state index contributed by atoms with van der Waals surface area (Å²) < 4.78 is 44.4. The first-order valence-electron chi connectivity index (χ1n) is 14.3. The molecule has 0 aliphatic carbocycles. The van der Waals surface area contributed by atoms with Crippen LogP contribution in [0.3, 0.4) is 0 Å². The van der Waals surface area contributed by atoms with Gasteiger partial charge in [-0.3, -0.25) is 9.59 Å². The lowest BCUT2D eigenvalue weighted by atomic mass is 9.72. The van der Waals surface area contributed by atoms with E-state index in [9.17, 15) is 27.6 Å². The molecule has 230 valence electrons. The minimum Gasteiger partial charge on any atom is -0.469 e. The summed E-state index contributed by atoms with van der Waals surface area (Å²) in [5.41, 5.74) is -0.223. The first-order chi connectivity index (χ1) is 19.8. The number of imide groups is 1. The van der Waals surface area contributed by atoms with E-state index in [1.165, 1.54) is 12.1 Å². The molecular formula is C31H41F3N4O4. The Morgan fingerprint density at radius 3 is 2.12 bits per heavy atom. The largest absolute Gasteiger partial charge is 0.469 e. The van der Waals surface area contributed by atoms with Crippen LogP contribution in [0.1, 0.15) is 61.0 Å². The van der Waals surface area contributed by atoms with E-state index >= 15 is 0 Å². The molecule has 2 aromatic rings. The Balaban J connectivity index is 1.56. The SMILES string of the molecule is CCC1(CC)C(=O)N(C(=O)NCCCCc2ccc(C(F)(F)F)cc2)[C@H]1Oc1ccc(C(=O)N(C)CCN(C)C)cc1. The lowest BCUT2D eigenvalue weighted by molar-refractivity contribution is -0.190. The second-order valence-corrected chi connectivity index (χ2v) is 10.9. The van der Waals surface area contributed by atoms with Gasteiger partial charge in [0.25, 0.3) is 5.91 Å². The number of urea groups is 1. The summed E-state index contributed by atoms with van der Waals surface area (Å²) in [5, 5.41) is 2.77. The van der Waals surface area contributed by atoms with Gasteiger partial charge < -0.3 is 19.9 Å². The third-order valence-corrected chi connectivity index (χ3v) is 7.86. The highest BCUT2D eigenvalue weighted by Gasteiger charge is 2.62. The van der Waals surface area contributed by atoms with E-state index < -0.39 is 29.4 Å². The van der Waals surface area contributed by atoms with Gasteiger partial charge in [0.15, 0.2) is 6.23 Å². The number of hydrogen-bond acceptors (Lipinski definition) is 5. The van der Waals surface area contributed by atoms with Gasteiger partial charge in [0.2, 0.25) is 5.91 Å². The molecule has 1 fully saturated rings. The number of likely N-dealkylation sites (tertiary alicyclic amines) is 1. The number of carbonyl (C=O) groups is 3. The molecule has 2 aromatic carbocycles. The summed E-state index contributed by atoms with van der Waals surface area (Å²) in [6, 6.07) is 11.2. The van der Waals surface area contributed by atoms with Crippen molar-refractivity contribution in [3.05, 3.63) is 65.2 Å². The van der Waals surface area contributed by atoms with Crippen LogP contribution < -0.4 is 10.1 Å². The van der Waals surface area contributed by atoms with Crippen molar-refractivity contribution in [2.45, 2.75) is 58.4 Å². The normalized spacial score (nSPS) is 16.3. The third-order valence-electron chi connectivity index (χ3n) is 7.86. The van der Waals surface area contributed by atoms with Crippen molar-refractivity contribution >= 4 is 17.8 Å². The zero-order valence-corrected chi connectivity index (χ0v) is 25.0. The molecular weight excluding hydrogens is 549 g/mol. The maximum atomic E-state index is 13.1. The molecule has 1 atom stereocenters. The minimum atomic E-state index is -4.36. The first-order valence-corrected chi connectivity index (χ1v) is 14.3. The van der Waals surface area contributed by atoms with Crippen molar-refractivity contribution in [1.82, 2.24) is 20.0 Å². The van der Waals surface area contributed by atoms with Crippen molar-refractivity contribution in [3.63, 3.8) is 0 Å². The van der Waals surface area contributed by atoms with Gasteiger partial charge in [0.05, 0.1) is 5.56 Å². The van der Waals surface area contributed by atoms with Gasteiger partial charge >= 0.3 is 12.2 Å². The zero-order valence-electron chi connectivity index (χ0n) is 25.0. The van der Waals surface area contributed by atoms with Gasteiger partial charge in [0.1, 0.15) is 11.2 Å². The number of likely N-dealkylation sites (N-methyl/N-ethyl adjacent to an activating group) is 2. The number of halogens is 3. The van der Waals surface area contributed by atoms with Gasteiger partial charge in [-0.25, -0.2) is 9.69 Å². The molecule has 8 nitrogen and oxygen atoms in total. The van der Waals surface area contributed by atoms with E-state index in [0.29, 0.717) is 56.5 Å².